The first-order chi connectivity index (χ1) is 12.5. The van der Waals surface area contributed by atoms with E-state index in [1.807, 2.05) is 68.4 Å². The molecule has 0 heterocycles. The van der Waals surface area contributed by atoms with Gasteiger partial charge in [0, 0.05) is 17.0 Å². The summed E-state index contributed by atoms with van der Waals surface area (Å²) < 4.78 is 0. The fourth-order valence-corrected chi connectivity index (χ4v) is 3.78. The van der Waals surface area contributed by atoms with Crippen molar-refractivity contribution in [1.82, 2.24) is 0 Å². The van der Waals surface area contributed by atoms with E-state index < -0.39 is 11.3 Å². The molecule has 0 bridgehead atoms. The predicted molar refractivity (Wildman–Crippen MR) is 106 cm³/mol. The van der Waals surface area contributed by atoms with Crippen molar-refractivity contribution >= 4 is 17.1 Å². The van der Waals surface area contributed by atoms with E-state index in [1.165, 1.54) is 5.57 Å². The zero-order chi connectivity index (χ0) is 18.7. The first kappa shape index (κ1) is 18.3. The van der Waals surface area contributed by atoms with E-state index >= 15 is 0 Å². The minimum Gasteiger partial charge on any atom is -0.294 e. The van der Waals surface area contributed by atoms with Gasteiger partial charge in [0.05, 0.1) is 5.41 Å². The van der Waals surface area contributed by atoms with Crippen LogP contribution in [0, 0.1) is 11.3 Å². The molecule has 2 heteroatoms. The minimum atomic E-state index is -0.815. The van der Waals surface area contributed by atoms with Crippen molar-refractivity contribution in [2.75, 3.05) is 0 Å². The molecule has 0 saturated carbocycles. The number of unbranched alkanes of at least 4 members (excludes halogenated alkanes) is 1. The van der Waals surface area contributed by atoms with Gasteiger partial charge in [-0.3, -0.25) is 9.59 Å². The Bertz CT molecular complexity index is 848. The topological polar surface area (TPSA) is 34.1 Å². The van der Waals surface area contributed by atoms with Crippen LogP contribution in [0.2, 0.25) is 0 Å². The van der Waals surface area contributed by atoms with Gasteiger partial charge in [0.15, 0.2) is 11.6 Å². The van der Waals surface area contributed by atoms with Gasteiger partial charge in [-0.15, -0.1) is 0 Å². The van der Waals surface area contributed by atoms with Crippen LogP contribution in [0.3, 0.4) is 0 Å². The van der Waals surface area contributed by atoms with Crippen LogP contribution in [0.1, 0.15) is 66.3 Å². The molecular formula is C24H26O2. The summed E-state index contributed by atoms with van der Waals surface area (Å²) in [4.78, 5) is 26.4. The molecule has 0 aromatic heterocycles. The molecule has 2 atom stereocenters. The summed E-state index contributed by atoms with van der Waals surface area (Å²) in [5.41, 5.74) is 2.82. The molecule has 0 fully saturated rings. The minimum absolute atomic E-state index is 0.0203. The van der Waals surface area contributed by atoms with Crippen molar-refractivity contribution in [2.45, 2.75) is 40.0 Å². The molecule has 0 N–H and O–H groups in total. The molecule has 1 unspecified atom stereocenters. The van der Waals surface area contributed by atoms with Crippen LogP contribution in [0.4, 0.5) is 0 Å². The quantitative estimate of drug-likeness (QED) is 0.603. The van der Waals surface area contributed by atoms with E-state index in [2.05, 4.69) is 13.0 Å². The fourth-order valence-electron chi connectivity index (χ4n) is 3.78. The second kappa shape index (κ2) is 7.41. The summed E-state index contributed by atoms with van der Waals surface area (Å²) in [6.45, 7) is 5.97. The van der Waals surface area contributed by atoms with E-state index in [4.69, 9.17) is 0 Å². The SMILES string of the molecule is CCCCC1=C[C@@](C)(C(C)C(=O)c2ccccc2)C(=O)c2ccccc21. The highest BCUT2D eigenvalue weighted by Crippen LogP contribution is 2.44. The van der Waals surface area contributed by atoms with Crippen molar-refractivity contribution in [2.24, 2.45) is 11.3 Å². The van der Waals surface area contributed by atoms with Crippen LogP contribution in [0.25, 0.3) is 5.57 Å². The van der Waals surface area contributed by atoms with E-state index in [-0.39, 0.29) is 11.6 Å². The van der Waals surface area contributed by atoms with Crippen molar-refractivity contribution in [3.8, 4) is 0 Å². The molecule has 3 rings (SSSR count). The molecule has 1 aliphatic rings. The maximum atomic E-state index is 13.3. The number of carbonyl (C=O) groups is 2. The average molecular weight is 346 g/mol. The lowest BCUT2D eigenvalue weighted by molar-refractivity contribution is 0.0707. The maximum absolute atomic E-state index is 13.3. The number of ketones is 2. The number of hydrogen-bond donors (Lipinski definition) is 0. The molecular weight excluding hydrogens is 320 g/mol. The molecule has 2 nitrogen and oxygen atoms in total. The highest BCUT2D eigenvalue weighted by atomic mass is 16.1. The number of Topliss-reactive ketones (excluding diaryl/α,β-unsaturated/α-hetero) is 2. The Balaban J connectivity index is 2.04. The molecule has 134 valence electrons. The van der Waals surface area contributed by atoms with Crippen LogP contribution in [-0.2, 0) is 0 Å². The lowest BCUT2D eigenvalue weighted by Gasteiger charge is -2.36. The van der Waals surface area contributed by atoms with Gasteiger partial charge >= 0.3 is 0 Å². The van der Waals surface area contributed by atoms with E-state index in [1.54, 1.807) is 0 Å². The Kier molecular flexibility index (Phi) is 5.22. The van der Waals surface area contributed by atoms with E-state index in [0.717, 1.165) is 30.4 Å². The third kappa shape index (κ3) is 3.16. The van der Waals surface area contributed by atoms with Gasteiger partial charge in [0.1, 0.15) is 0 Å². The van der Waals surface area contributed by atoms with Crippen molar-refractivity contribution < 1.29 is 9.59 Å². The third-order valence-corrected chi connectivity index (χ3v) is 5.63. The zero-order valence-corrected chi connectivity index (χ0v) is 15.8. The van der Waals surface area contributed by atoms with Gasteiger partial charge in [-0.05, 0) is 30.9 Å². The lowest BCUT2D eigenvalue weighted by Crippen LogP contribution is -2.39. The summed E-state index contributed by atoms with van der Waals surface area (Å²) >= 11 is 0. The van der Waals surface area contributed by atoms with Gasteiger partial charge in [-0.1, -0.05) is 80.9 Å². The predicted octanol–water partition coefficient (Wildman–Crippen LogP) is 5.98. The van der Waals surface area contributed by atoms with Crippen molar-refractivity contribution in [3.05, 3.63) is 77.4 Å². The first-order valence-electron chi connectivity index (χ1n) is 9.44. The first-order valence-corrected chi connectivity index (χ1v) is 9.44. The van der Waals surface area contributed by atoms with Crippen LogP contribution < -0.4 is 0 Å². The van der Waals surface area contributed by atoms with Gasteiger partial charge < -0.3 is 0 Å². The maximum Gasteiger partial charge on any atom is 0.173 e. The van der Waals surface area contributed by atoms with E-state index in [0.29, 0.717) is 5.56 Å². The third-order valence-electron chi connectivity index (χ3n) is 5.63. The van der Waals surface area contributed by atoms with Gasteiger partial charge in [0.25, 0.3) is 0 Å². The molecule has 26 heavy (non-hydrogen) atoms. The lowest BCUT2D eigenvalue weighted by atomic mass is 9.65. The second-order valence-corrected chi connectivity index (χ2v) is 7.38. The molecule has 2 aromatic rings. The standard InChI is InChI=1S/C24H26O2/c1-4-5-11-19-16-24(3,23(26)21-15-10-9-14-20(19)21)17(2)22(25)18-12-7-6-8-13-18/h6-10,12-17H,4-5,11H2,1-3H3/t17?,24-/m0/s1. The monoisotopic (exact) mass is 346 g/mol. The van der Waals surface area contributed by atoms with Crippen molar-refractivity contribution in [3.63, 3.8) is 0 Å². The van der Waals surface area contributed by atoms with Crippen LogP contribution in [-0.4, -0.2) is 11.6 Å². The van der Waals surface area contributed by atoms with Gasteiger partial charge in [0.2, 0.25) is 0 Å². The number of carbonyl (C=O) groups excluding carboxylic acids is 2. The second-order valence-electron chi connectivity index (χ2n) is 7.38. The highest BCUT2D eigenvalue weighted by molar-refractivity contribution is 6.12. The van der Waals surface area contributed by atoms with Gasteiger partial charge in [-0.25, -0.2) is 0 Å². The Morgan fingerprint density at radius 1 is 1.00 bits per heavy atom. The Morgan fingerprint density at radius 2 is 1.62 bits per heavy atom. The van der Waals surface area contributed by atoms with Crippen LogP contribution in [0.15, 0.2) is 60.7 Å². The van der Waals surface area contributed by atoms with Crippen LogP contribution in [0.5, 0.6) is 0 Å². The summed E-state index contributed by atoms with van der Waals surface area (Å²) in [5, 5.41) is 0. The summed E-state index contributed by atoms with van der Waals surface area (Å²) in [6, 6.07) is 17.1. The summed E-state index contributed by atoms with van der Waals surface area (Å²) in [6.07, 6.45) is 5.18. The Hall–Kier alpha value is -2.48. The largest absolute Gasteiger partial charge is 0.294 e. The zero-order valence-electron chi connectivity index (χ0n) is 15.8. The molecule has 0 aliphatic heterocycles. The number of rotatable bonds is 6. The Labute approximate surface area is 155 Å². The number of fused-ring (bicyclic) bond motifs is 1. The van der Waals surface area contributed by atoms with Crippen LogP contribution >= 0.6 is 0 Å². The smallest absolute Gasteiger partial charge is 0.173 e. The van der Waals surface area contributed by atoms with Gasteiger partial charge in [-0.2, -0.15) is 0 Å². The normalized spacial score (nSPS) is 20.3. The van der Waals surface area contributed by atoms with E-state index in [9.17, 15) is 9.59 Å². The molecule has 0 saturated heterocycles. The fraction of sp³-hybridized carbons (Fsp3) is 0.333. The molecule has 0 amide bonds. The molecule has 2 aromatic carbocycles. The molecule has 1 aliphatic carbocycles. The number of benzene rings is 2. The number of hydrogen-bond acceptors (Lipinski definition) is 2. The number of allylic oxidation sites excluding steroid dienone is 2. The highest BCUT2D eigenvalue weighted by Gasteiger charge is 2.44. The molecule has 0 spiro atoms. The van der Waals surface area contributed by atoms with Crippen molar-refractivity contribution in [1.29, 1.82) is 0 Å². The summed E-state index contributed by atoms with van der Waals surface area (Å²) in [5.74, 6) is -0.348. The summed E-state index contributed by atoms with van der Waals surface area (Å²) in [7, 11) is 0. The average Bonchev–Trinajstić information content (AvgIpc) is 2.69. The molecule has 0 radical (unpaired) electrons. The Morgan fingerprint density at radius 3 is 2.27 bits per heavy atom.